The molecule has 3 rings (SSSR count). The molecule has 27 heavy (non-hydrogen) atoms. The predicted molar refractivity (Wildman–Crippen MR) is 104 cm³/mol. The van der Waals surface area contributed by atoms with Crippen LogP contribution in [0.2, 0.25) is 0 Å². The third kappa shape index (κ3) is 4.65. The number of carbonyl (C=O) groups excluding carboxylic acids is 2. The van der Waals surface area contributed by atoms with Gasteiger partial charge < -0.3 is 25.5 Å². The number of fused-ring (bicyclic) bond motifs is 1. The highest BCUT2D eigenvalue weighted by Crippen LogP contribution is 2.20. The lowest BCUT2D eigenvalue weighted by Crippen LogP contribution is -2.45. The van der Waals surface area contributed by atoms with Gasteiger partial charge in [0.25, 0.3) is 5.91 Å². The minimum Gasteiger partial charge on any atom is -0.490 e. The number of benzene rings is 2. The number of ether oxygens (including phenoxy) is 1. The standard InChI is InChI=1S/C20H21N3O4/c1-13(24)22-15-3-6-17(7-4-15)27-12-20(2,26)19(25)23-16-5-8-18-14(11-16)9-10-21-18/h3-11,21,26H,12H2,1-2H3,(H,22,24)(H,23,25)/t20-/m0/s1. The van der Waals surface area contributed by atoms with E-state index in [0.717, 1.165) is 10.9 Å². The first-order valence-electron chi connectivity index (χ1n) is 8.45. The zero-order valence-corrected chi connectivity index (χ0v) is 15.1. The fraction of sp³-hybridized carbons (Fsp3) is 0.200. The van der Waals surface area contributed by atoms with Crippen molar-refractivity contribution in [3.05, 3.63) is 54.7 Å². The van der Waals surface area contributed by atoms with E-state index in [4.69, 9.17) is 4.74 Å². The van der Waals surface area contributed by atoms with Crippen molar-refractivity contribution in [3.8, 4) is 5.75 Å². The van der Waals surface area contributed by atoms with Crippen LogP contribution < -0.4 is 15.4 Å². The maximum absolute atomic E-state index is 12.4. The van der Waals surface area contributed by atoms with E-state index >= 15 is 0 Å². The molecule has 0 bridgehead atoms. The van der Waals surface area contributed by atoms with Gasteiger partial charge in [-0.1, -0.05) is 0 Å². The minimum atomic E-state index is -1.72. The van der Waals surface area contributed by atoms with Crippen molar-refractivity contribution in [3.63, 3.8) is 0 Å². The molecule has 7 nitrogen and oxygen atoms in total. The molecular weight excluding hydrogens is 346 g/mol. The van der Waals surface area contributed by atoms with Crippen LogP contribution in [0.1, 0.15) is 13.8 Å². The average molecular weight is 367 g/mol. The molecule has 1 aromatic heterocycles. The molecule has 0 aliphatic heterocycles. The van der Waals surface area contributed by atoms with Gasteiger partial charge in [-0.15, -0.1) is 0 Å². The summed E-state index contributed by atoms with van der Waals surface area (Å²) >= 11 is 0. The molecule has 2 aromatic carbocycles. The number of rotatable bonds is 6. The number of aromatic nitrogens is 1. The summed E-state index contributed by atoms with van der Waals surface area (Å²) in [6.07, 6.45) is 1.82. The van der Waals surface area contributed by atoms with Crippen molar-refractivity contribution >= 4 is 34.1 Å². The van der Waals surface area contributed by atoms with Gasteiger partial charge in [-0.3, -0.25) is 9.59 Å². The van der Waals surface area contributed by atoms with Crippen LogP contribution in [0.15, 0.2) is 54.7 Å². The third-order valence-corrected chi connectivity index (χ3v) is 3.99. The molecule has 140 valence electrons. The minimum absolute atomic E-state index is 0.166. The second kappa shape index (κ2) is 7.51. The van der Waals surface area contributed by atoms with Gasteiger partial charge in [0.05, 0.1) is 0 Å². The number of amides is 2. The van der Waals surface area contributed by atoms with Crippen LogP contribution in [0.3, 0.4) is 0 Å². The van der Waals surface area contributed by atoms with Crippen molar-refractivity contribution in [2.24, 2.45) is 0 Å². The highest BCUT2D eigenvalue weighted by atomic mass is 16.5. The lowest BCUT2D eigenvalue weighted by Gasteiger charge is -2.22. The van der Waals surface area contributed by atoms with E-state index in [0.29, 0.717) is 17.1 Å². The Morgan fingerprint density at radius 2 is 1.78 bits per heavy atom. The highest BCUT2D eigenvalue weighted by Gasteiger charge is 2.31. The summed E-state index contributed by atoms with van der Waals surface area (Å²) < 4.78 is 5.52. The second-order valence-electron chi connectivity index (χ2n) is 6.50. The molecule has 4 N–H and O–H groups in total. The Labute approximate surface area is 156 Å². The van der Waals surface area contributed by atoms with Crippen molar-refractivity contribution in [1.82, 2.24) is 4.98 Å². The van der Waals surface area contributed by atoms with E-state index < -0.39 is 11.5 Å². The van der Waals surface area contributed by atoms with Crippen LogP contribution in [-0.4, -0.2) is 34.1 Å². The van der Waals surface area contributed by atoms with Crippen LogP contribution in [0.4, 0.5) is 11.4 Å². The first-order valence-corrected chi connectivity index (χ1v) is 8.45. The molecule has 2 amide bonds. The molecule has 1 heterocycles. The Kier molecular flexibility index (Phi) is 5.14. The molecule has 0 unspecified atom stereocenters. The maximum atomic E-state index is 12.4. The normalized spacial score (nSPS) is 13.0. The van der Waals surface area contributed by atoms with E-state index in [1.165, 1.54) is 13.8 Å². The van der Waals surface area contributed by atoms with E-state index in [9.17, 15) is 14.7 Å². The van der Waals surface area contributed by atoms with Crippen molar-refractivity contribution < 1.29 is 19.4 Å². The molecule has 0 aliphatic rings. The Morgan fingerprint density at radius 1 is 1.07 bits per heavy atom. The number of hydrogen-bond donors (Lipinski definition) is 4. The van der Waals surface area contributed by atoms with Crippen LogP contribution in [0.25, 0.3) is 10.9 Å². The summed E-state index contributed by atoms with van der Waals surface area (Å²) in [5.74, 6) is -0.251. The molecule has 0 radical (unpaired) electrons. The Balaban J connectivity index is 1.59. The molecule has 7 heteroatoms. The van der Waals surface area contributed by atoms with Crippen molar-refractivity contribution in [2.45, 2.75) is 19.4 Å². The fourth-order valence-corrected chi connectivity index (χ4v) is 2.52. The van der Waals surface area contributed by atoms with Gasteiger partial charge >= 0.3 is 0 Å². The van der Waals surface area contributed by atoms with Crippen LogP contribution in [-0.2, 0) is 9.59 Å². The summed E-state index contributed by atoms with van der Waals surface area (Å²) in [5.41, 5.74) is 0.473. The lowest BCUT2D eigenvalue weighted by molar-refractivity contribution is -0.135. The number of nitrogens with one attached hydrogen (secondary N) is 3. The molecule has 1 atom stereocenters. The molecule has 3 aromatic rings. The molecule has 0 fully saturated rings. The first-order chi connectivity index (χ1) is 12.8. The number of hydrogen-bond acceptors (Lipinski definition) is 4. The lowest BCUT2D eigenvalue weighted by atomic mass is 10.1. The van der Waals surface area contributed by atoms with Gasteiger partial charge in [0.2, 0.25) is 5.91 Å². The molecule has 0 spiro atoms. The third-order valence-electron chi connectivity index (χ3n) is 3.99. The molecule has 0 saturated heterocycles. The van der Waals surface area contributed by atoms with E-state index in [1.807, 2.05) is 24.4 Å². The number of anilines is 2. The fourth-order valence-electron chi connectivity index (χ4n) is 2.52. The average Bonchev–Trinajstić information content (AvgIpc) is 3.08. The Hall–Kier alpha value is -3.32. The van der Waals surface area contributed by atoms with Gasteiger partial charge in [0, 0.05) is 35.4 Å². The summed E-state index contributed by atoms with van der Waals surface area (Å²) in [6, 6.07) is 14.0. The molecule has 0 aliphatic carbocycles. The van der Waals surface area contributed by atoms with Gasteiger partial charge in [-0.25, -0.2) is 0 Å². The second-order valence-corrected chi connectivity index (χ2v) is 6.50. The summed E-state index contributed by atoms with van der Waals surface area (Å²) in [7, 11) is 0. The van der Waals surface area contributed by atoms with Crippen LogP contribution >= 0.6 is 0 Å². The molecular formula is C20H21N3O4. The largest absolute Gasteiger partial charge is 0.490 e. The maximum Gasteiger partial charge on any atom is 0.259 e. The summed E-state index contributed by atoms with van der Waals surface area (Å²) in [6.45, 7) is 2.60. The van der Waals surface area contributed by atoms with E-state index in [-0.39, 0.29) is 12.5 Å². The zero-order valence-electron chi connectivity index (χ0n) is 15.1. The van der Waals surface area contributed by atoms with E-state index in [2.05, 4.69) is 15.6 Å². The van der Waals surface area contributed by atoms with Gasteiger partial charge in [0.15, 0.2) is 5.60 Å². The van der Waals surface area contributed by atoms with Gasteiger partial charge in [0.1, 0.15) is 12.4 Å². The van der Waals surface area contributed by atoms with Crippen molar-refractivity contribution in [1.29, 1.82) is 0 Å². The number of aromatic amines is 1. The van der Waals surface area contributed by atoms with Gasteiger partial charge in [-0.05, 0) is 55.5 Å². The predicted octanol–water partition coefficient (Wildman–Crippen LogP) is 2.89. The number of H-pyrrole nitrogens is 1. The smallest absolute Gasteiger partial charge is 0.259 e. The van der Waals surface area contributed by atoms with Gasteiger partial charge in [-0.2, -0.15) is 0 Å². The summed E-state index contributed by atoms with van der Waals surface area (Å²) in [4.78, 5) is 26.5. The first kappa shape index (κ1) is 18.5. The zero-order chi connectivity index (χ0) is 19.4. The SMILES string of the molecule is CC(=O)Nc1ccc(OC[C@](C)(O)C(=O)Nc2ccc3[nH]ccc3c2)cc1. The monoisotopic (exact) mass is 367 g/mol. The van der Waals surface area contributed by atoms with Crippen LogP contribution in [0.5, 0.6) is 5.75 Å². The van der Waals surface area contributed by atoms with Crippen molar-refractivity contribution in [2.75, 3.05) is 17.2 Å². The number of carbonyl (C=O) groups is 2. The topological polar surface area (TPSA) is 103 Å². The quantitative estimate of drug-likeness (QED) is 0.538. The Morgan fingerprint density at radius 3 is 2.48 bits per heavy atom. The summed E-state index contributed by atoms with van der Waals surface area (Å²) in [5, 5.41) is 16.8. The van der Waals surface area contributed by atoms with Crippen LogP contribution in [0, 0.1) is 0 Å². The Bertz CT molecular complexity index is 961. The number of aliphatic hydroxyl groups is 1. The highest BCUT2D eigenvalue weighted by molar-refractivity contribution is 5.98. The van der Waals surface area contributed by atoms with E-state index in [1.54, 1.807) is 30.3 Å². The molecule has 0 saturated carbocycles.